The molecule has 200 valence electrons. The lowest BCUT2D eigenvalue weighted by Gasteiger charge is -2.17. The van der Waals surface area contributed by atoms with Crippen LogP contribution in [0.5, 0.6) is 23.1 Å². The number of benzene rings is 3. The number of nitrogens with zero attached hydrogens (tertiary/aromatic N) is 2. The SMILES string of the molecule is COC(=O)c1ccc(N(C)C)cc1Oc1c(F)c(F)nc(Oc2cccc(-c3cccc(C(=N)N)c3)c2)c1F. The number of aromatic nitrogens is 1. The van der Waals surface area contributed by atoms with Crippen molar-refractivity contribution in [2.45, 2.75) is 0 Å². The van der Waals surface area contributed by atoms with Gasteiger partial charge in [0.1, 0.15) is 22.9 Å². The van der Waals surface area contributed by atoms with E-state index in [1.54, 1.807) is 61.5 Å². The molecule has 0 aliphatic carbocycles. The predicted octanol–water partition coefficient (Wildman–Crippen LogP) is 5.89. The van der Waals surface area contributed by atoms with E-state index in [-0.39, 0.29) is 22.9 Å². The molecule has 0 amide bonds. The van der Waals surface area contributed by atoms with E-state index in [1.807, 2.05) is 0 Å². The number of hydrogen-bond acceptors (Lipinski definition) is 7. The Labute approximate surface area is 221 Å². The van der Waals surface area contributed by atoms with Crippen LogP contribution in [-0.4, -0.2) is 38.0 Å². The Morgan fingerprint density at radius 2 is 1.62 bits per heavy atom. The van der Waals surface area contributed by atoms with Crippen molar-refractivity contribution in [2.24, 2.45) is 5.73 Å². The molecule has 8 nitrogen and oxygen atoms in total. The van der Waals surface area contributed by atoms with Crippen LogP contribution in [0.1, 0.15) is 15.9 Å². The lowest BCUT2D eigenvalue weighted by atomic mass is 10.0. The minimum atomic E-state index is -1.71. The van der Waals surface area contributed by atoms with Gasteiger partial charge in [0, 0.05) is 31.4 Å². The second-order valence-electron chi connectivity index (χ2n) is 8.46. The number of ether oxygens (including phenoxy) is 3. The molecule has 1 aromatic heterocycles. The standard InChI is InChI=1S/C28H23F3N4O4/c1-35(2)18-10-11-20(28(36)37-3)21(14-18)39-24-22(29)25(31)34-27(23(24)30)38-19-9-5-7-16(13-19)15-6-4-8-17(12-15)26(32)33/h4-14H,1-3H3,(H3,32,33). The van der Waals surface area contributed by atoms with Crippen molar-refractivity contribution < 1.29 is 32.2 Å². The van der Waals surface area contributed by atoms with Crippen LogP contribution in [0, 0.1) is 23.0 Å². The highest BCUT2D eigenvalue weighted by atomic mass is 19.2. The Morgan fingerprint density at radius 3 is 2.28 bits per heavy atom. The third-order valence-corrected chi connectivity index (χ3v) is 5.62. The van der Waals surface area contributed by atoms with Gasteiger partial charge in [-0.2, -0.15) is 18.2 Å². The van der Waals surface area contributed by atoms with Crippen LogP contribution in [0.15, 0.2) is 66.7 Å². The third-order valence-electron chi connectivity index (χ3n) is 5.62. The normalized spacial score (nSPS) is 10.6. The molecule has 0 unspecified atom stereocenters. The van der Waals surface area contributed by atoms with Gasteiger partial charge in [-0.3, -0.25) is 5.41 Å². The zero-order chi connectivity index (χ0) is 28.3. The van der Waals surface area contributed by atoms with Gasteiger partial charge >= 0.3 is 5.97 Å². The van der Waals surface area contributed by atoms with E-state index in [0.29, 0.717) is 22.4 Å². The molecule has 0 aliphatic heterocycles. The number of rotatable bonds is 8. The first-order valence-corrected chi connectivity index (χ1v) is 11.4. The minimum absolute atomic E-state index is 0.0638. The molecular weight excluding hydrogens is 513 g/mol. The molecule has 4 rings (SSSR count). The van der Waals surface area contributed by atoms with Crippen molar-refractivity contribution in [1.29, 1.82) is 5.41 Å². The molecule has 1 heterocycles. The van der Waals surface area contributed by atoms with Gasteiger partial charge in [-0.25, -0.2) is 4.79 Å². The van der Waals surface area contributed by atoms with Gasteiger partial charge in [0.2, 0.25) is 17.4 Å². The summed E-state index contributed by atoms with van der Waals surface area (Å²) >= 11 is 0. The van der Waals surface area contributed by atoms with E-state index < -0.39 is 35.2 Å². The molecule has 0 spiro atoms. The molecule has 11 heteroatoms. The van der Waals surface area contributed by atoms with Crippen LogP contribution in [0.2, 0.25) is 0 Å². The van der Waals surface area contributed by atoms with E-state index in [1.165, 1.54) is 24.3 Å². The average molecular weight is 537 g/mol. The zero-order valence-corrected chi connectivity index (χ0v) is 21.1. The highest BCUT2D eigenvalue weighted by molar-refractivity contribution is 5.96. The van der Waals surface area contributed by atoms with E-state index in [9.17, 15) is 13.6 Å². The molecule has 0 bridgehead atoms. The molecule has 4 aromatic rings. The predicted molar refractivity (Wildman–Crippen MR) is 139 cm³/mol. The number of anilines is 1. The molecule has 0 saturated heterocycles. The number of carbonyl (C=O) groups is 1. The quantitative estimate of drug-likeness (QED) is 0.125. The smallest absolute Gasteiger partial charge is 0.341 e. The molecular formula is C28H23F3N4O4. The number of esters is 1. The van der Waals surface area contributed by atoms with Crippen molar-refractivity contribution in [2.75, 3.05) is 26.1 Å². The monoisotopic (exact) mass is 536 g/mol. The van der Waals surface area contributed by atoms with Crippen LogP contribution < -0.4 is 20.1 Å². The lowest BCUT2D eigenvalue weighted by molar-refractivity contribution is 0.0597. The van der Waals surface area contributed by atoms with Crippen LogP contribution in [-0.2, 0) is 4.74 Å². The largest absolute Gasteiger partial charge is 0.465 e. The highest BCUT2D eigenvalue weighted by Gasteiger charge is 2.26. The number of methoxy groups -OCH3 is 1. The first-order valence-electron chi connectivity index (χ1n) is 11.4. The van der Waals surface area contributed by atoms with E-state index in [2.05, 4.69) is 4.98 Å². The molecule has 0 radical (unpaired) electrons. The molecule has 3 aromatic carbocycles. The summed E-state index contributed by atoms with van der Waals surface area (Å²) in [5.74, 6) is -7.99. The Morgan fingerprint density at radius 1 is 0.923 bits per heavy atom. The van der Waals surface area contributed by atoms with Crippen LogP contribution in [0.4, 0.5) is 18.9 Å². The van der Waals surface area contributed by atoms with Crippen LogP contribution in [0.25, 0.3) is 11.1 Å². The topological polar surface area (TPSA) is 111 Å². The maximum Gasteiger partial charge on any atom is 0.341 e. The van der Waals surface area contributed by atoms with E-state index in [4.69, 9.17) is 25.4 Å². The van der Waals surface area contributed by atoms with Gasteiger partial charge < -0.3 is 24.8 Å². The van der Waals surface area contributed by atoms with Crippen molar-refractivity contribution in [3.05, 3.63) is 95.4 Å². The van der Waals surface area contributed by atoms with Crippen molar-refractivity contribution in [3.63, 3.8) is 0 Å². The van der Waals surface area contributed by atoms with Gasteiger partial charge in [-0.05, 0) is 41.5 Å². The Balaban J connectivity index is 1.72. The van der Waals surface area contributed by atoms with Crippen molar-refractivity contribution in [3.8, 4) is 34.3 Å². The molecule has 0 aliphatic rings. The Hall–Kier alpha value is -5.06. The molecule has 3 N–H and O–H groups in total. The number of nitrogens with two attached hydrogens (primary N) is 1. The maximum atomic E-state index is 15.4. The maximum absolute atomic E-state index is 15.4. The van der Waals surface area contributed by atoms with E-state index in [0.717, 1.165) is 7.11 Å². The molecule has 0 atom stereocenters. The first kappa shape index (κ1) is 27.0. The van der Waals surface area contributed by atoms with Gasteiger partial charge in [-0.15, -0.1) is 0 Å². The van der Waals surface area contributed by atoms with E-state index >= 15 is 4.39 Å². The van der Waals surface area contributed by atoms with Gasteiger partial charge in [0.15, 0.2) is 0 Å². The summed E-state index contributed by atoms with van der Waals surface area (Å²) in [6, 6.07) is 17.5. The van der Waals surface area contributed by atoms with Crippen molar-refractivity contribution in [1.82, 2.24) is 4.98 Å². The first-order chi connectivity index (χ1) is 18.6. The minimum Gasteiger partial charge on any atom is -0.465 e. The summed E-state index contributed by atoms with van der Waals surface area (Å²) < 4.78 is 60.2. The summed E-state index contributed by atoms with van der Waals surface area (Å²) in [7, 11) is 4.55. The fourth-order valence-corrected chi connectivity index (χ4v) is 3.61. The number of halogens is 3. The zero-order valence-electron chi connectivity index (χ0n) is 21.1. The number of carbonyl (C=O) groups excluding carboxylic acids is 1. The molecule has 0 fully saturated rings. The fourth-order valence-electron chi connectivity index (χ4n) is 3.61. The van der Waals surface area contributed by atoms with Gasteiger partial charge in [0.05, 0.1) is 7.11 Å². The number of nitrogens with one attached hydrogen (secondary N) is 1. The third kappa shape index (κ3) is 5.77. The molecule has 39 heavy (non-hydrogen) atoms. The van der Waals surface area contributed by atoms with Gasteiger partial charge in [0.25, 0.3) is 11.8 Å². The number of hydrogen-bond donors (Lipinski definition) is 2. The summed E-state index contributed by atoms with van der Waals surface area (Å²) in [6.45, 7) is 0. The second-order valence-corrected chi connectivity index (χ2v) is 8.46. The lowest BCUT2D eigenvalue weighted by Crippen LogP contribution is -2.11. The number of amidine groups is 1. The summed E-state index contributed by atoms with van der Waals surface area (Å²) in [5, 5.41) is 7.62. The van der Waals surface area contributed by atoms with Gasteiger partial charge in [-0.1, -0.05) is 30.3 Å². The van der Waals surface area contributed by atoms with Crippen molar-refractivity contribution >= 4 is 17.5 Å². The van der Waals surface area contributed by atoms with Crippen LogP contribution >= 0.6 is 0 Å². The Kier molecular flexibility index (Phi) is 7.70. The fraction of sp³-hybridized carbons (Fsp3) is 0.107. The Bertz CT molecular complexity index is 1580. The summed E-state index contributed by atoms with van der Waals surface area (Å²) in [6.07, 6.45) is 0. The molecule has 0 saturated carbocycles. The number of nitrogen functional groups attached to an aromatic ring is 1. The van der Waals surface area contributed by atoms with Crippen LogP contribution in [0.3, 0.4) is 0 Å². The average Bonchev–Trinajstić information content (AvgIpc) is 2.93. The summed E-state index contributed by atoms with van der Waals surface area (Å²) in [4.78, 5) is 17.2. The second kappa shape index (κ2) is 11.1. The highest BCUT2D eigenvalue weighted by Crippen LogP contribution is 2.38. The number of pyridine rings is 1. The summed E-state index contributed by atoms with van der Waals surface area (Å²) in [5.41, 5.74) is 7.77.